The van der Waals surface area contributed by atoms with Crippen LogP contribution in [-0.2, 0) is 11.3 Å². The van der Waals surface area contributed by atoms with E-state index in [9.17, 15) is 4.79 Å². The Morgan fingerprint density at radius 2 is 2.19 bits per heavy atom. The van der Waals surface area contributed by atoms with E-state index in [2.05, 4.69) is 4.98 Å². The Bertz CT molecular complexity index is 760. The number of esters is 1. The second-order valence-corrected chi connectivity index (χ2v) is 4.98. The number of carbonyl (C=O) groups excluding carboxylic acids is 1. The summed E-state index contributed by atoms with van der Waals surface area (Å²) < 4.78 is 7.09. The van der Waals surface area contributed by atoms with Crippen LogP contribution in [0.25, 0.3) is 5.65 Å². The molecular formula is C15H12ClN3O2. The minimum absolute atomic E-state index is 0.0902. The number of aromatic nitrogens is 2. The first-order valence-electron chi connectivity index (χ1n) is 6.27. The van der Waals surface area contributed by atoms with Gasteiger partial charge in [0.2, 0.25) is 0 Å². The molecule has 2 aromatic heterocycles. The fourth-order valence-electron chi connectivity index (χ4n) is 2.01. The summed E-state index contributed by atoms with van der Waals surface area (Å²) in [7, 11) is 0. The van der Waals surface area contributed by atoms with Crippen LogP contribution < -0.4 is 5.73 Å². The molecule has 2 heterocycles. The molecule has 106 valence electrons. The smallest absolute Gasteiger partial charge is 0.338 e. The molecule has 0 aliphatic heterocycles. The number of pyridine rings is 1. The Morgan fingerprint density at radius 3 is 2.95 bits per heavy atom. The fourth-order valence-corrected chi connectivity index (χ4v) is 2.25. The van der Waals surface area contributed by atoms with Gasteiger partial charge < -0.3 is 14.9 Å². The molecule has 0 spiro atoms. The lowest BCUT2D eigenvalue weighted by molar-refractivity contribution is 0.0468. The molecule has 0 aliphatic rings. The normalized spacial score (nSPS) is 10.7. The van der Waals surface area contributed by atoms with E-state index < -0.39 is 5.97 Å². The van der Waals surface area contributed by atoms with Crippen molar-refractivity contribution >= 4 is 28.9 Å². The van der Waals surface area contributed by atoms with Crippen molar-refractivity contribution in [2.24, 2.45) is 0 Å². The van der Waals surface area contributed by atoms with Crippen LogP contribution in [0.5, 0.6) is 0 Å². The van der Waals surface area contributed by atoms with Gasteiger partial charge in [-0.2, -0.15) is 0 Å². The number of anilines is 1. The molecule has 6 heteroatoms. The highest BCUT2D eigenvalue weighted by Crippen LogP contribution is 2.17. The van der Waals surface area contributed by atoms with Crippen LogP contribution in [-0.4, -0.2) is 15.4 Å². The largest absolute Gasteiger partial charge is 0.456 e. The highest BCUT2D eigenvalue weighted by Gasteiger charge is 2.10. The van der Waals surface area contributed by atoms with Gasteiger partial charge in [-0.05, 0) is 30.3 Å². The number of hydrogen-bond acceptors (Lipinski definition) is 4. The van der Waals surface area contributed by atoms with Crippen LogP contribution in [0.4, 0.5) is 5.69 Å². The van der Waals surface area contributed by atoms with Crippen LogP contribution in [0.1, 0.15) is 16.1 Å². The lowest BCUT2D eigenvalue weighted by Crippen LogP contribution is -2.06. The standard InChI is InChI=1S/C15H12ClN3O2/c16-11-5-10(6-12(17)7-11)15(20)21-9-13-8-19-4-2-1-3-14(19)18-13/h1-8H,9,17H2. The van der Waals surface area contributed by atoms with E-state index in [1.165, 1.54) is 12.1 Å². The van der Waals surface area contributed by atoms with Crippen molar-refractivity contribution in [1.29, 1.82) is 0 Å². The number of hydrogen-bond donors (Lipinski definition) is 1. The molecule has 0 fully saturated rings. The van der Waals surface area contributed by atoms with Crippen molar-refractivity contribution in [2.75, 3.05) is 5.73 Å². The van der Waals surface area contributed by atoms with Gasteiger partial charge >= 0.3 is 5.97 Å². The maximum Gasteiger partial charge on any atom is 0.338 e. The van der Waals surface area contributed by atoms with Crippen molar-refractivity contribution in [3.05, 3.63) is 65.1 Å². The molecule has 21 heavy (non-hydrogen) atoms. The van der Waals surface area contributed by atoms with E-state index >= 15 is 0 Å². The molecule has 0 amide bonds. The zero-order valence-corrected chi connectivity index (χ0v) is 11.7. The first-order valence-corrected chi connectivity index (χ1v) is 6.65. The van der Waals surface area contributed by atoms with Crippen molar-refractivity contribution in [2.45, 2.75) is 6.61 Å². The summed E-state index contributed by atoms with van der Waals surface area (Å²) in [5.41, 5.74) is 7.86. The molecule has 0 atom stereocenters. The third-order valence-electron chi connectivity index (χ3n) is 2.92. The van der Waals surface area contributed by atoms with E-state index in [0.29, 0.717) is 22.0 Å². The van der Waals surface area contributed by atoms with E-state index in [1.54, 1.807) is 6.07 Å². The third-order valence-corrected chi connectivity index (χ3v) is 3.14. The van der Waals surface area contributed by atoms with E-state index in [4.69, 9.17) is 22.1 Å². The number of halogens is 1. The highest BCUT2D eigenvalue weighted by atomic mass is 35.5. The SMILES string of the molecule is Nc1cc(Cl)cc(C(=O)OCc2cn3ccccc3n2)c1. The predicted molar refractivity (Wildman–Crippen MR) is 80.2 cm³/mol. The molecule has 0 bridgehead atoms. The van der Waals surface area contributed by atoms with Gasteiger partial charge in [0.25, 0.3) is 0 Å². The lowest BCUT2D eigenvalue weighted by Gasteiger charge is -2.04. The van der Waals surface area contributed by atoms with Gasteiger partial charge in [-0.1, -0.05) is 17.7 Å². The number of carbonyl (C=O) groups is 1. The van der Waals surface area contributed by atoms with Gasteiger partial charge in [0.05, 0.1) is 11.3 Å². The Kier molecular flexibility index (Phi) is 3.50. The molecule has 3 aromatic rings. The van der Waals surface area contributed by atoms with Crippen LogP contribution in [0, 0.1) is 0 Å². The number of rotatable bonds is 3. The Morgan fingerprint density at radius 1 is 1.33 bits per heavy atom. The number of nitrogens with zero attached hydrogens (tertiary/aromatic N) is 2. The average molecular weight is 302 g/mol. The van der Waals surface area contributed by atoms with E-state index in [0.717, 1.165) is 5.65 Å². The molecule has 0 saturated heterocycles. The minimum Gasteiger partial charge on any atom is -0.456 e. The third kappa shape index (κ3) is 2.98. The number of imidazole rings is 1. The Balaban J connectivity index is 1.73. The van der Waals surface area contributed by atoms with E-state index in [1.807, 2.05) is 35.0 Å². The molecule has 5 nitrogen and oxygen atoms in total. The number of fused-ring (bicyclic) bond motifs is 1. The number of benzene rings is 1. The first-order chi connectivity index (χ1) is 10.1. The Hall–Kier alpha value is -2.53. The monoisotopic (exact) mass is 301 g/mol. The first kappa shape index (κ1) is 13.5. The maximum atomic E-state index is 12.0. The van der Waals surface area contributed by atoms with Crippen molar-refractivity contribution in [1.82, 2.24) is 9.38 Å². The maximum absolute atomic E-state index is 12.0. The molecular weight excluding hydrogens is 290 g/mol. The van der Waals surface area contributed by atoms with Crippen molar-refractivity contribution in [3.8, 4) is 0 Å². The molecule has 0 aliphatic carbocycles. The quantitative estimate of drug-likeness (QED) is 0.596. The topological polar surface area (TPSA) is 69.6 Å². The second-order valence-electron chi connectivity index (χ2n) is 4.55. The van der Waals surface area contributed by atoms with Crippen molar-refractivity contribution < 1.29 is 9.53 Å². The van der Waals surface area contributed by atoms with Crippen molar-refractivity contribution in [3.63, 3.8) is 0 Å². The average Bonchev–Trinajstić information content (AvgIpc) is 2.86. The summed E-state index contributed by atoms with van der Waals surface area (Å²) in [6.45, 7) is 0.0902. The van der Waals surface area contributed by atoms with Crippen LogP contribution in [0.3, 0.4) is 0 Å². The molecule has 0 unspecified atom stereocenters. The fraction of sp³-hybridized carbons (Fsp3) is 0.0667. The van der Waals surface area contributed by atoms with E-state index in [-0.39, 0.29) is 6.61 Å². The molecule has 0 saturated carbocycles. The number of nitrogen functional groups attached to an aromatic ring is 1. The molecule has 2 N–H and O–H groups in total. The van der Waals surface area contributed by atoms with Crippen LogP contribution in [0.2, 0.25) is 5.02 Å². The van der Waals surface area contributed by atoms with Crippen LogP contribution >= 0.6 is 11.6 Å². The van der Waals surface area contributed by atoms with Gasteiger partial charge in [-0.25, -0.2) is 9.78 Å². The summed E-state index contributed by atoms with van der Waals surface area (Å²) in [6.07, 6.45) is 3.69. The van der Waals surface area contributed by atoms with Gasteiger partial charge in [0, 0.05) is 23.1 Å². The minimum atomic E-state index is -0.485. The second kappa shape index (κ2) is 5.46. The van der Waals surface area contributed by atoms with Gasteiger partial charge in [-0.15, -0.1) is 0 Å². The van der Waals surface area contributed by atoms with Gasteiger partial charge in [-0.3, -0.25) is 0 Å². The zero-order chi connectivity index (χ0) is 14.8. The van der Waals surface area contributed by atoms with Crippen LogP contribution in [0.15, 0.2) is 48.8 Å². The zero-order valence-electron chi connectivity index (χ0n) is 11.0. The number of nitrogens with two attached hydrogens (primary N) is 1. The lowest BCUT2D eigenvalue weighted by atomic mass is 10.2. The predicted octanol–water partition coefficient (Wildman–Crippen LogP) is 2.93. The highest BCUT2D eigenvalue weighted by molar-refractivity contribution is 6.31. The summed E-state index contributed by atoms with van der Waals surface area (Å²) in [6, 6.07) is 10.3. The summed E-state index contributed by atoms with van der Waals surface area (Å²) in [5, 5.41) is 0.398. The number of ether oxygens (including phenoxy) is 1. The summed E-state index contributed by atoms with van der Waals surface area (Å²) in [4.78, 5) is 16.3. The summed E-state index contributed by atoms with van der Waals surface area (Å²) >= 11 is 5.86. The van der Waals surface area contributed by atoms with Gasteiger partial charge in [0.15, 0.2) is 0 Å². The molecule has 3 rings (SSSR count). The van der Waals surface area contributed by atoms with Gasteiger partial charge in [0.1, 0.15) is 12.3 Å². The summed E-state index contributed by atoms with van der Waals surface area (Å²) in [5.74, 6) is -0.485. The molecule has 0 radical (unpaired) electrons. The molecule has 1 aromatic carbocycles. The Labute approximate surface area is 125 Å².